The Hall–Kier alpha value is -0.330. The number of β-amino-alcohol motifs (C(OH)–C–C–N with tert-alkyl or cyclic N) is 1. The van der Waals surface area contributed by atoms with E-state index in [1.807, 2.05) is 0 Å². The Bertz CT molecular complexity index is 209. The fourth-order valence-electron chi connectivity index (χ4n) is 2.08. The van der Waals surface area contributed by atoms with E-state index in [9.17, 15) is 13.2 Å². The molecule has 0 aromatic rings. The van der Waals surface area contributed by atoms with Crippen LogP contribution in [0.3, 0.4) is 0 Å². The summed E-state index contributed by atoms with van der Waals surface area (Å²) in [6, 6.07) is 0. The number of rotatable bonds is 4. The van der Waals surface area contributed by atoms with Crippen LogP contribution in [0.2, 0.25) is 0 Å². The zero-order valence-corrected chi connectivity index (χ0v) is 9.08. The van der Waals surface area contributed by atoms with Crippen molar-refractivity contribution in [1.29, 1.82) is 0 Å². The van der Waals surface area contributed by atoms with E-state index in [4.69, 9.17) is 10.2 Å². The number of aliphatic hydroxyl groups is 2. The third kappa shape index (κ3) is 4.27. The number of alkyl halides is 3. The third-order valence-electron chi connectivity index (χ3n) is 2.95. The third-order valence-corrected chi connectivity index (χ3v) is 2.95. The monoisotopic (exact) mass is 241 g/mol. The lowest BCUT2D eigenvalue weighted by Gasteiger charge is -2.34. The maximum absolute atomic E-state index is 12.1. The van der Waals surface area contributed by atoms with Crippen LogP contribution in [-0.2, 0) is 0 Å². The van der Waals surface area contributed by atoms with E-state index >= 15 is 0 Å². The van der Waals surface area contributed by atoms with Crippen LogP contribution in [0.5, 0.6) is 0 Å². The minimum Gasteiger partial charge on any atom is -0.396 e. The van der Waals surface area contributed by atoms with E-state index in [2.05, 4.69) is 0 Å². The molecule has 0 aromatic carbocycles. The van der Waals surface area contributed by atoms with Crippen molar-refractivity contribution in [2.45, 2.75) is 31.5 Å². The van der Waals surface area contributed by atoms with Gasteiger partial charge in [-0.2, -0.15) is 13.2 Å². The normalized spacial score (nSPS) is 25.7. The van der Waals surface area contributed by atoms with E-state index in [0.29, 0.717) is 19.5 Å². The molecule has 1 aliphatic rings. The summed E-state index contributed by atoms with van der Waals surface area (Å²) in [5.41, 5.74) is 0. The molecular weight excluding hydrogens is 223 g/mol. The Balaban J connectivity index is 2.37. The maximum atomic E-state index is 12.1. The number of piperidine rings is 1. The smallest absolute Gasteiger partial charge is 0.396 e. The van der Waals surface area contributed by atoms with Crippen molar-refractivity contribution in [3.63, 3.8) is 0 Å². The summed E-state index contributed by atoms with van der Waals surface area (Å²) in [5.74, 6) is 0.249. The lowest BCUT2D eigenvalue weighted by atomic mass is 9.95. The van der Waals surface area contributed by atoms with E-state index in [1.165, 1.54) is 0 Å². The van der Waals surface area contributed by atoms with Gasteiger partial charge in [0.25, 0.3) is 0 Å². The Labute approximate surface area is 92.9 Å². The van der Waals surface area contributed by atoms with E-state index in [1.54, 1.807) is 4.90 Å². The van der Waals surface area contributed by atoms with Gasteiger partial charge in [0.2, 0.25) is 0 Å². The summed E-state index contributed by atoms with van der Waals surface area (Å²) in [7, 11) is 0. The van der Waals surface area contributed by atoms with Crippen molar-refractivity contribution in [1.82, 2.24) is 4.90 Å². The Morgan fingerprint density at radius 1 is 1.38 bits per heavy atom. The lowest BCUT2D eigenvalue weighted by molar-refractivity contribution is -0.209. The minimum absolute atomic E-state index is 0.0698. The Kier molecular flexibility index (Phi) is 5.01. The fourth-order valence-corrected chi connectivity index (χ4v) is 2.08. The molecule has 2 unspecified atom stereocenters. The minimum atomic E-state index is -4.54. The first-order valence-electron chi connectivity index (χ1n) is 5.51. The average molecular weight is 241 g/mol. The van der Waals surface area contributed by atoms with Gasteiger partial charge in [-0.1, -0.05) is 0 Å². The van der Waals surface area contributed by atoms with Crippen molar-refractivity contribution >= 4 is 0 Å². The van der Waals surface area contributed by atoms with Crippen molar-refractivity contribution in [3.8, 4) is 0 Å². The number of hydrogen-bond donors (Lipinski definition) is 2. The van der Waals surface area contributed by atoms with Gasteiger partial charge in [-0.15, -0.1) is 0 Å². The van der Waals surface area contributed by atoms with Gasteiger partial charge in [-0.25, -0.2) is 0 Å². The first-order valence-corrected chi connectivity index (χ1v) is 5.51. The molecule has 1 saturated heterocycles. The van der Waals surface area contributed by atoms with Crippen molar-refractivity contribution < 1.29 is 23.4 Å². The molecule has 0 radical (unpaired) electrons. The van der Waals surface area contributed by atoms with Gasteiger partial charge in [0.1, 0.15) is 0 Å². The summed E-state index contributed by atoms with van der Waals surface area (Å²) >= 11 is 0. The number of aliphatic hydroxyl groups excluding tert-OH is 2. The van der Waals surface area contributed by atoms with E-state index < -0.39 is 12.3 Å². The van der Waals surface area contributed by atoms with Gasteiger partial charge >= 0.3 is 6.18 Å². The summed E-state index contributed by atoms with van der Waals surface area (Å²) in [6.07, 6.45) is -4.41. The van der Waals surface area contributed by atoms with Gasteiger partial charge in [-0.05, 0) is 31.7 Å². The summed E-state index contributed by atoms with van der Waals surface area (Å²) in [6.45, 7) is 0.842. The van der Waals surface area contributed by atoms with Gasteiger partial charge in [0.05, 0.1) is 0 Å². The Morgan fingerprint density at radius 3 is 2.62 bits per heavy atom. The van der Waals surface area contributed by atoms with Crippen LogP contribution in [-0.4, -0.2) is 53.6 Å². The van der Waals surface area contributed by atoms with Crippen LogP contribution in [0.1, 0.15) is 19.3 Å². The molecule has 2 atom stereocenters. The van der Waals surface area contributed by atoms with Crippen molar-refractivity contribution in [2.75, 3.05) is 26.2 Å². The van der Waals surface area contributed by atoms with Gasteiger partial charge in [-0.3, -0.25) is 0 Å². The molecule has 0 aromatic heterocycles. The summed E-state index contributed by atoms with van der Waals surface area (Å²) < 4.78 is 36.4. The molecule has 0 saturated carbocycles. The van der Waals surface area contributed by atoms with Crippen molar-refractivity contribution in [3.05, 3.63) is 0 Å². The molecule has 1 aliphatic heterocycles. The lowest BCUT2D eigenvalue weighted by Crippen LogP contribution is -2.45. The summed E-state index contributed by atoms with van der Waals surface area (Å²) in [4.78, 5) is 1.63. The fraction of sp³-hybridized carbons (Fsp3) is 1.00. The molecular formula is C10H18F3NO2. The number of halogens is 3. The predicted octanol–water partition coefficient (Wildman–Crippen LogP) is 1.00. The molecule has 1 rings (SSSR count). The highest BCUT2D eigenvalue weighted by molar-refractivity contribution is 4.77. The maximum Gasteiger partial charge on any atom is 0.415 e. The summed E-state index contributed by atoms with van der Waals surface area (Å²) in [5, 5.41) is 17.7. The van der Waals surface area contributed by atoms with Gasteiger partial charge in [0.15, 0.2) is 6.10 Å². The van der Waals surface area contributed by atoms with Gasteiger partial charge < -0.3 is 15.1 Å². The SMILES string of the molecule is OCCC1CCCN(CC(O)C(F)(F)F)C1. The zero-order valence-electron chi connectivity index (χ0n) is 9.08. The van der Waals surface area contributed by atoms with Crippen LogP contribution in [0.4, 0.5) is 13.2 Å². The molecule has 3 nitrogen and oxygen atoms in total. The molecule has 6 heteroatoms. The standard InChI is InChI=1S/C10H18F3NO2/c11-10(12,13)9(16)7-14-4-1-2-8(6-14)3-5-15/h8-9,15-16H,1-7H2. The molecule has 2 N–H and O–H groups in total. The number of hydrogen-bond acceptors (Lipinski definition) is 3. The van der Waals surface area contributed by atoms with Crippen LogP contribution in [0.15, 0.2) is 0 Å². The quantitative estimate of drug-likeness (QED) is 0.772. The second kappa shape index (κ2) is 5.84. The molecule has 1 fully saturated rings. The van der Waals surface area contributed by atoms with Crippen LogP contribution >= 0.6 is 0 Å². The molecule has 96 valence electrons. The zero-order chi connectivity index (χ0) is 12.2. The largest absolute Gasteiger partial charge is 0.415 e. The average Bonchev–Trinajstić information content (AvgIpc) is 2.17. The molecule has 1 heterocycles. The molecule has 0 aliphatic carbocycles. The number of likely N-dealkylation sites (tertiary alicyclic amines) is 1. The van der Waals surface area contributed by atoms with Crippen LogP contribution in [0, 0.1) is 5.92 Å². The van der Waals surface area contributed by atoms with E-state index in [-0.39, 0.29) is 19.1 Å². The predicted molar refractivity (Wildman–Crippen MR) is 52.9 cm³/mol. The first-order chi connectivity index (χ1) is 7.43. The van der Waals surface area contributed by atoms with Crippen LogP contribution < -0.4 is 0 Å². The van der Waals surface area contributed by atoms with E-state index in [0.717, 1.165) is 12.8 Å². The number of nitrogens with zero attached hydrogens (tertiary/aromatic N) is 1. The van der Waals surface area contributed by atoms with Crippen molar-refractivity contribution in [2.24, 2.45) is 5.92 Å². The van der Waals surface area contributed by atoms with Crippen LogP contribution in [0.25, 0.3) is 0 Å². The highest BCUT2D eigenvalue weighted by Gasteiger charge is 2.39. The second-order valence-electron chi connectivity index (χ2n) is 4.34. The molecule has 0 bridgehead atoms. The van der Waals surface area contributed by atoms with Gasteiger partial charge in [0, 0.05) is 19.7 Å². The molecule has 16 heavy (non-hydrogen) atoms. The second-order valence-corrected chi connectivity index (χ2v) is 4.34. The molecule has 0 amide bonds. The molecule has 0 spiro atoms. The highest BCUT2D eigenvalue weighted by atomic mass is 19.4. The first kappa shape index (κ1) is 13.7. The Morgan fingerprint density at radius 2 is 2.06 bits per heavy atom. The topological polar surface area (TPSA) is 43.7 Å². The highest BCUT2D eigenvalue weighted by Crippen LogP contribution is 2.24.